The van der Waals surface area contributed by atoms with E-state index in [1.807, 2.05) is 43.3 Å². The Hall–Kier alpha value is -2.33. The Labute approximate surface area is 127 Å². The van der Waals surface area contributed by atoms with Gasteiger partial charge in [0.25, 0.3) is 0 Å². The molecule has 106 valence electrons. The van der Waals surface area contributed by atoms with E-state index in [0.717, 1.165) is 16.3 Å². The SMILES string of the molecule is Cc1nc(N)c(C)c(Oc2ccc(Cl)c3ccccc23)n1. The maximum absolute atomic E-state index is 6.21. The second-order valence-electron chi connectivity index (χ2n) is 4.78. The third kappa shape index (κ3) is 2.50. The molecule has 0 aliphatic heterocycles. The molecule has 1 aromatic heterocycles. The molecular formula is C16H14ClN3O. The van der Waals surface area contributed by atoms with Gasteiger partial charge in [-0.15, -0.1) is 0 Å². The average Bonchev–Trinajstić information content (AvgIpc) is 2.47. The summed E-state index contributed by atoms with van der Waals surface area (Å²) in [6, 6.07) is 11.4. The van der Waals surface area contributed by atoms with Crippen molar-refractivity contribution in [2.75, 3.05) is 5.73 Å². The van der Waals surface area contributed by atoms with Crippen molar-refractivity contribution in [2.24, 2.45) is 0 Å². The van der Waals surface area contributed by atoms with Gasteiger partial charge in [0.15, 0.2) is 0 Å². The molecule has 0 aliphatic carbocycles. The van der Waals surface area contributed by atoms with Crippen LogP contribution in [0.15, 0.2) is 36.4 Å². The number of hydrogen-bond donors (Lipinski definition) is 1. The summed E-state index contributed by atoms with van der Waals surface area (Å²) in [6.07, 6.45) is 0. The fraction of sp³-hybridized carbons (Fsp3) is 0.125. The summed E-state index contributed by atoms with van der Waals surface area (Å²) < 4.78 is 5.95. The highest BCUT2D eigenvalue weighted by Crippen LogP contribution is 2.34. The summed E-state index contributed by atoms with van der Waals surface area (Å²) in [5.41, 5.74) is 6.58. The molecule has 0 saturated heterocycles. The number of nitrogens with zero attached hydrogens (tertiary/aromatic N) is 2. The Morgan fingerprint density at radius 3 is 2.48 bits per heavy atom. The largest absolute Gasteiger partial charge is 0.438 e. The van der Waals surface area contributed by atoms with Gasteiger partial charge in [-0.25, -0.2) is 4.98 Å². The summed E-state index contributed by atoms with van der Waals surface area (Å²) >= 11 is 6.21. The normalized spacial score (nSPS) is 10.8. The number of anilines is 1. The second-order valence-corrected chi connectivity index (χ2v) is 5.19. The molecule has 0 bridgehead atoms. The van der Waals surface area contributed by atoms with Gasteiger partial charge in [-0.2, -0.15) is 4.98 Å². The molecule has 3 aromatic rings. The number of hydrogen-bond acceptors (Lipinski definition) is 4. The number of fused-ring (bicyclic) bond motifs is 1. The summed E-state index contributed by atoms with van der Waals surface area (Å²) in [5.74, 6) is 2.16. The van der Waals surface area contributed by atoms with Crippen LogP contribution in [0.4, 0.5) is 5.82 Å². The first-order chi connectivity index (χ1) is 10.1. The average molecular weight is 300 g/mol. The predicted molar refractivity (Wildman–Crippen MR) is 85.0 cm³/mol. The molecule has 1 heterocycles. The summed E-state index contributed by atoms with van der Waals surface area (Å²) in [7, 11) is 0. The third-order valence-electron chi connectivity index (χ3n) is 3.29. The van der Waals surface area contributed by atoms with Gasteiger partial charge in [-0.1, -0.05) is 35.9 Å². The topological polar surface area (TPSA) is 61.0 Å². The van der Waals surface area contributed by atoms with Crippen molar-refractivity contribution in [3.63, 3.8) is 0 Å². The Morgan fingerprint density at radius 1 is 1.00 bits per heavy atom. The number of aryl methyl sites for hydroxylation is 1. The number of rotatable bonds is 2. The van der Waals surface area contributed by atoms with Crippen molar-refractivity contribution in [1.82, 2.24) is 9.97 Å². The van der Waals surface area contributed by atoms with Crippen LogP contribution in [0.25, 0.3) is 10.8 Å². The van der Waals surface area contributed by atoms with E-state index in [9.17, 15) is 0 Å². The van der Waals surface area contributed by atoms with E-state index >= 15 is 0 Å². The van der Waals surface area contributed by atoms with E-state index in [1.54, 1.807) is 6.92 Å². The Kier molecular flexibility index (Phi) is 3.39. The van der Waals surface area contributed by atoms with Crippen molar-refractivity contribution >= 4 is 28.2 Å². The minimum absolute atomic E-state index is 0.427. The van der Waals surface area contributed by atoms with Crippen molar-refractivity contribution in [3.8, 4) is 11.6 Å². The van der Waals surface area contributed by atoms with Gasteiger partial charge in [0, 0.05) is 15.8 Å². The van der Waals surface area contributed by atoms with Gasteiger partial charge in [0.1, 0.15) is 17.4 Å². The first-order valence-electron chi connectivity index (χ1n) is 6.52. The fourth-order valence-electron chi connectivity index (χ4n) is 2.15. The van der Waals surface area contributed by atoms with Crippen LogP contribution in [0, 0.1) is 13.8 Å². The van der Waals surface area contributed by atoms with E-state index < -0.39 is 0 Å². The lowest BCUT2D eigenvalue weighted by atomic mass is 10.1. The zero-order valence-corrected chi connectivity index (χ0v) is 12.5. The molecule has 0 radical (unpaired) electrons. The molecule has 0 fully saturated rings. The molecule has 2 aromatic carbocycles. The first kappa shape index (κ1) is 13.6. The molecule has 21 heavy (non-hydrogen) atoms. The van der Waals surface area contributed by atoms with Crippen LogP contribution in [-0.2, 0) is 0 Å². The second kappa shape index (κ2) is 5.22. The number of benzene rings is 2. The van der Waals surface area contributed by atoms with E-state index in [2.05, 4.69) is 9.97 Å². The van der Waals surface area contributed by atoms with Crippen molar-refractivity contribution in [1.29, 1.82) is 0 Å². The molecule has 5 heteroatoms. The third-order valence-corrected chi connectivity index (χ3v) is 3.62. The van der Waals surface area contributed by atoms with E-state index in [4.69, 9.17) is 22.1 Å². The van der Waals surface area contributed by atoms with Crippen LogP contribution in [-0.4, -0.2) is 9.97 Å². The van der Waals surface area contributed by atoms with Gasteiger partial charge < -0.3 is 10.5 Å². The quantitative estimate of drug-likeness (QED) is 0.767. The van der Waals surface area contributed by atoms with Crippen LogP contribution in [0.3, 0.4) is 0 Å². The van der Waals surface area contributed by atoms with Crippen LogP contribution in [0.1, 0.15) is 11.4 Å². The van der Waals surface area contributed by atoms with Gasteiger partial charge in [-0.05, 0) is 26.0 Å². The van der Waals surface area contributed by atoms with Crippen molar-refractivity contribution < 1.29 is 4.74 Å². The van der Waals surface area contributed by atoms with Crippen molar-refractivity contribution in [2.45, 2.75) is 13.8 Å². The van der Waals surface area contributed by atoms with Gasteiger partial charge in [0.05, 0.1) is 5.56 Å². The number of halogens is 1. The molecule has 0 amide bonds. The number of ether oxygens (including phenoxy) is 1. The van der Waals surface area contributed by atoms with E-state index in [-0.39, 0.29) is 0 Å². The number of nitrogens with two attached hydrogens (primary N) is 1. The lowest BCUT2D eigenvalue weighted by Crippen LogP contribution is -2.02. The highest BCUT2D eigenvalue weighted by Gasteiger charge is 2.12. The molecule has 0 spiro atoms. The summed E-state index contributed by atoms with van der Waals surface area (Å²) in [6.45, 7) is 3.62. The lowest BCUT2D eigenvalue weighted by Gasteiger charge is -2.12. The maximum Gasteiger partial charge on any atom is 0.227 e. The minimum atomic E-state index is 0.427. The molecule has 0 aliphatic rings. The molecule has 0 atom stereocenters. The molecule has 0 unspecified atom stereocenters. The standard InChI is InChI=1S/C16H14ClN3O/c1-9-15(18)19-10(2)20-16(9)21-14-8-7-13(17)11-5-3-4-6-12(11)14/h3-8H,1-2H3,(H2,18,19,20). The lowest BCUT2D eigenvalue weighted by molar-refractivity contribution is 0.461. The van der Waals surface area contributed by atoms with Gasteiger partial charge in [0.2, 0.25) is 5.88 Å². The monoisotopic (exact) mass is 299 g/mol. The van der Waals surface area contributed by atoms with Gasteiger partial charge in [-0.3, -0.25) is 0 Å². The summed E-state index contributed by atoms with van der Waals surface area (Å²) in [4.78, 5) is 8.43. The van der Waals surface area contributed by atoms with E-state index in [1.165, 1.54) is 0 Å². The van der Waals surface area contributed by atoms with Gasteiger partial charge >= 0.3 is 0 Å². The Morgan fingerprint density at radius 2 is 1.71 bits per heavy atom. The zero-order valence-electron chi connectivity index (χ0n) is 11.7. The Bertz CT molecular complexity index is 833. The molecule has 3 rings (SSSR count). The first-order valence-corrected chi connectivity index (χ1v) is 6.90. The highest BCUT2D eigenvalue weighted by molar-refractivity contribution is 6.35. The van der Waals surface area contributed by atoms with Crippen LogP contribution in [0.2, 0.25) is 5.02 Å². The molecule has 2 N–H and O–H groups in total. The molecular weight excluding hydrogens is 286 g/mol. The number of nitrogen functional groups attached to an aromatic ring is 1. The molecule has 0 saturated carbocycles. The van der Waals surface area contributed by atoms with Crippen molar-refractivity contribution in [3.05, 3.63) is 52.8 Å². The highest BCUT2D eigenvalue weighted by atomic mass is 35.5. The summed E-state index contributed by atoms with van der Waals surface area (Å²) in [5, 5.41) is 2.56. The minimum Gasteiger partial charge on any atom is -0.438 e. The van der Waals surface area contributed by atoms with E-state index in [0.29, 0.717) is 28.3 Å². The molecule has 4 nitrogen and oxygen atoms in total. The maximum atomic E-state index is 6.21. The smallest absolute Gasteiger partial charge is 0.227 e. The predicted octanol–water partition coefficient (Wildman–Crippen LogP) is 4.27. The van der Waals surface area contributed by atoms with Crippen LogP contribution in [0.5, 0.6) is 11.6 Å². The zero-order chi connectivity index (χ0) is 15.0. The fourth-order valence-corrected chi connectivity index (χ4v) is 2.38. The number of aromatic nitrogens is 2. The van der Waals surface area contributed by atoms with Crippen LogP contribution >= 0.6 is 11.6 Å². The Balaban J connectivity index is 2.13. The van der Waals surface area contributed by atoms with Crippen LogP contribution < -0.4 is 10.5 Å².